The summed E-state index contributed by atoms with van der Waals surface area (Å²) in [6.45, 7) is 3.50. The van der Waals surface area contributed by atoms with Crippen molar-refractivity contribution in [3.05, 3.63) is 23.8 Å². The molecule has 2 unspecified atom stereocenters. The molecular formula is C13H17N3O2. The molecule has 96 valence electrons. The van der Waals surface area contributed by atoms with Gasteiger partial charge in [0.2, 0.25) is 5.91 Å². The average molecular weight is 247 g/mol. The summed E-state index contributed by atoms with van der Waals surface area (Å²) in [5.74, 6) is -0.119. The quantitative estimate of drug-likeness (QED) is 0.843. The molecule has 0 radical (unpaired) electrons. The summed E-state index contributed by atoms with van der Waals surface area (Å²) in [6, 6.07) is 6.76. The Morgan fingerprint density at radius 3 is 2.67 bits per heavy atom. The third-order valence-corrected chi connectivity index (χ3v) is 2.82. The second-order valence-corrected chi connectivity index (χ2v) is 4.13. The fraction of sp³-hybridized carbons (Fsp3) is 0.385. The molecule has 0 saturated carbocycles. The Labute approximate surface area is 107 Å². The summed E-state index contributed by atoms with van der Waals surface area (Å²) in [7, 11) is 1.49. The Balaban J connectivity index is 3.04. The molecule has 18 heavy (non-hydrogen) atoms. The zero-order chi connectivity index (χ0) is 13.7. The second kappa shape index (κ2) is 6.03. The lowest BCUT2D eigenvalue weighted by atomic mass is 10.0. The van der Waals surface area contributed by atoms with Crippen LogP contribution in [0, 0.1) is 17.2 Å². The highest BCUT2D eigenvalue weighted by molar-refractivity contribution is 5.95. The van der Waals surface area contributed by atoms with Crippen LogP contribution in [0.4, 0.5) is 5.69 Å². The van der Waals surface area contributed by atoms with Crippen LogP contribution in [0.1, 0.15) is 19.4 Å². The van der Waals surface area contributed by atoms with E-state index in [0.717, 1.165) is 0 Å². The predicted octanol–water partition coefficient (Wildman–Crippen LogP) is 1.49. The van der Waals surface area contributed by atoms with Crippen LogP contribution in [0.15, 0.2) is 18.2 Å². The Hall–Kier alpha value is -2.06. The van der Waals surface area contributed by atoms with Crippen LogP contribution in [-0.2, 0) is 4.79 Å². The van der Waals surface area contributed by atoms with Gasteiger partial charge in [0.15, 0.2) is 0 Å². The van der Waals surface area contributed by atoms with E-state index in [1.54, 1.807) is 32.0 Å². The van der Waals surface area contributed by atoms with Gasteiger partial charge in [-0.3, -0.25) is 4.79 Å². The number of hydrogen-bond acceptors (Lipinski definition) is 4. The maximum absolute atomic E-state index is 11.9. The van der Waals surface area contributed by atoms with Crippen LogP contribution >= 0.6 is 0 Å². The van der Waals surface area contributed by atoms with E-state index >= 15 is 0 Å². The van der Waals surface area contributed by atoms with Crippen molar-refractivity contribution in [1.29, 1.82) is 5.26 Å². The smallest absolute Gasteiger partial charge is 0.228 e. The molecule has 0 aliphatic carbocycles. The van der Waals surface area contributed by atoms with Crippen molar-refractivity contribution in [3.63, 3.8) is 0 Å². The van der Waals surface area contributed by atoms with E-state index in [2.05, 4.69) is 5.32 Å². The number of nitrogens with one attached hydrogen (secondary N) is 1. The number of methoxy groups -OCH3 is 1. The number of nitrogens with zero attached hydrogens (tertiary/aromatic N) is 1. The minimum absolute atomic E-state index is 0.231. The Bertz CT molecular complexity index is 478. The normalized spacial score (nSPS) is 13.3. The van der Waals surface area contributed by atoms with Crippen LogP contribution < -0.4 is 15.8 Å². The standard InChI is InChI=1S/C13H17N3O2/c1-8(9(2)15)13(17)16-12-10(7-14)5-4-6-11(12)18-3/h4-6,8-9H,15H2,1-3H3,(H,16,17). The molecule has 1 aromatic carbocycles. The van der Waals surface area contributed by atoms with Gasteiger partial charge >= 0.3 is 0 Å². The summed E-state index contributed by atoms with van der Waals surface area (Å²) in [5.41, 5.74) is 6.42. The van der Waals surface area contributed by atoms with Gasteiger partial charge in [-0.1, -0.05) is 13.0 Å². The maximum atomic E-state index is 11.9. The molecule has 1 rings (SSSR count). The first-order chi connectivity index (χ1) is 8.51. The topological polar surface area (TPSA) is 88.1 Å². The summed E-state index contributed by atoms with van der Waals surface area (Å²) >= 11 is 0. The molecule has 0 aliphatic heterocycles. The zero-order valence-corrected chi connectivity index (χ0v) is 10.7. The highest BCUT2D eigenvalue weighted by Gasteiger charge is 2.20. The first-order valence-corrected chi connectivity index (χ1v) is 5.64. The van der Waals surface area contributed by atoms with Gasteiger partial charge in [0.25, 0.3) is 0 Å². The Morgan fingerprint density at radius 2 is 2.17 bits per heavy atom. The lowest BCUT2D eigenvalue weighted by Gasteiger charge is -2.17. The molecule has 5 heteroatoms. The molecule has 1 aromatic rings. The number of nitrogens with two attached hydrogens (primary N) is 1. The largest absolute Gasteiger partial charge is 0.495 e. The average Bonchev–Trinajstić information content (AvgIpc) is 2.37. The predicted molar refractivity (Wildman–Crippen MR) is 69.2 cm³/mol. The Morgan fingerprint density at radius 1 is 1.50 bits per heavy atom. The van der Waals surface area contributed by atoms with Crippen molar-refractivity contribution in [2.75, 3.05) is 12.4 Å². The van der Waals surface area contributed by atoms with Gasteiger partial charge in [0.1, 0.15) is 17.5 Å². The van der Waals surface area contributed by atoms with Crippen LogP contribution in [0.2, 0.25) is 0 Å². The van der Waals surface area contributed by atoms with Crippen molar-refractivity contribution >= 4 is 11.6 Å². The third kappa shape index (κ3) is 2.99. The molecule has 0 aliphatic rings. The SMILES string of the molecule is COc1cccc(C#N)c1NC(=O)C(C)C(C)N. The number of amides is 1. The van der Waals surface area contributed by atoms with Crippen molar-refractivity contribution in [1.82, 2.24) is 0 Å². The van der Waals surface area contributed by atoms with Crippen molar-refractivity contribution in [2.24, 2.45) is 11.7 Å². The Kier molecular flexibility index (Phi) is 4.69. The highest BCUT2D eigenvalue weighted by Crippen LogP contribution is 2.28. The number of hydrogen-bond donors (Lipinski definition) is 2. The van der Waals surface area contributed by atoms with Crippen LogP contribution in [0.3, 0.4) is 0 Å². The molecule has 2 atom stereocenters. The van der Waals surface area contributed by atoms with E-state index in [1.807, 2.05) is 6.07 Å². The molecule has 0 aromatic heterocycles. The number of para-hydroxylation sites is 1. The van der Waals surface area contributed by atoms with Crippen LogP contribution in [0.25, 0.3) is 0 Å². The molecule has 1 amide bonds. The summed E-state index contributed by atoms with van der Waals surface area (Å²) in [6.07, 6.45) is 0. The highest BCUT2D eigenvalue weighted by atomic mass is 16.5. The number of ether oxygens (including phenoxy) is 1. The van der Waals surface area contributed by atoms with Crippen LogP contribution in [0.5, 0.6) is 5.75 Å². The number of benzene rings is 1. The van der Waals surface area contributed by atoms with E-state index < -0.39 is 0 Å². The van der Waals surface area contributed by atoms with E-state index in [0.29, 0.717) is 17.0 Å². The van der Waals surface area contributed by atoms with E-state index in [1.165, 1.54) is 7.11 Å². The number of anilines is 1. The number of nitriles is 1. The first-order valence-electron chi connectivity index (χ1n) is 5.64. The van der Waals surface area contributed by atoms with Gasteiger partial charge in [-0.05, 0) is 19.1 Å². The number of carbonyl (C=O) groups excluding carboxylic acids is 1. The maximum Gasteiger partial charge on any atom is 0.228 e. The summed E-state index contributed by atoms with van der Waals surface area (Å²) in [5, 5.41) is 11.7. The van der Waals surface area contributed by atoms with Crippen molar-refractivity contribution in [2.45, 2.75) is 19.9 Å². The second-order valence-electron chi connectivity index (χ2n) is 4.13. The van der Waals surface area contributed by atoms with Gasteiger partial charge in [-0.25, -0.2) is 0 Å². The van der Waals surface area contributed by atoms with E-state index in [9.17, 15) is 4.79 Å². The molecule has 0 heterocycles. The lowest BCUT2D eigenvalue weighted by molar-refractivity contribution is -0.119. The molecule has 0 spiro atoms. The molecule has 5 nitrogen and oxygen atoms in total. The minimum Gasteiger partial charge on any atom is -0.495 e. The molecule has 0 bridgehead atoms. The summed E-state index contributed by atoms with van der Waals surface area (Å²) in [4.78, 5) is 11.9. The van der Waals surface area contributed by atoms with Gasteiger partial charge in [-0.15, -0.1) is 0 Å². The molecule has 3 N–H and O–H groups in total. The van der Waals surface area contributed by atoms with Crippen molar-refractivity contribution < 1.29 is 9.53 Å². The van der Waals surface area contributed by atoms with Gasteiger partial charge in [0.05, 0.1) is 18.6 Å². The monoisotopic (exact) mass is 247 g/mol. The molecule has 0 saturated heterocycles. The number of carbonyl (C=O) groups is 1. The van der Waals surface area contributed by atoms with Crippen molar-refractivity contribution in [3.8, 4) is 11.8 Å². The van der Waals surface area contributed by atoms with Gasteiger partial charge in [0, 0.05) is 6.04 Å². The third-order valence-electron chi connectivity index (χ3n) is 2.82. The number of rotatable bonds is 4. The fourth-order valence-electron chi connectivity index (χ4n) is 1.40. The zero-order valence-electron chi connectivity index (χ0n) is 10.7. The van der Waals surface area contributed by atoms with Gasteiger partial charge < -0.3 is 15.8 Å². The van der Waals surface area contributed by atoms with E-state index in [-0.39, 0.29) is 17.9 Å². The van der Waals surface area contributed by atoms with Gasteiger partial charge in [-0.2, -0.15) is 5.26 Å². The fourth-order valence-corrected chi connectivity index (χ4v) is 1.40. The van der Waals surface area contributed by atoms with Crippen LogP contribution in [-0.4, -0.2) is 19.1 Å². The summed E-state index contributed by atoms with van der Waals surface area (Å²) < 4.78 is 5.13. The molecular weight excluding hydrogens is 230 g/mol. The van der Waals surface area contributed by atoms with E-state index in [4.69, 9.17) is 15.7 Å². The lowest BCUT2D eigenvalue weighted by Crippen LogP contribution is -2.34. The molecule has 0 fully saturated rings. The minimum atomic E-state index is -0.346. The first kappa shape index (κ1) is 14.0.